The van der Waals surface area contributed by atoms with Gasteiger partial charge in [0.25, 0.3) is 0 Å². The molecule has 1 N–H and O–H groups in total. The van der Waals surface area contributed by atoms with E-state index < -0.39 is 0 Å². The number of aryl methyl sites for hydroxylation is 2. The number of nitrogens with one attached hydrogen (secondary N) is 1. The number of benzene rings is 1. The van der Waals surface area contributed by atoms with Gasteiger partial charge in [0.05, 0.1) is 6.54 Å². The van der Waals surface area contributed by atoms with E-state index in [2.05, 4.69) is 56.1 Å². The molecule has 1 heterocycles. The van der Waals surface area contributed by atoms with Crippen LogP contribution >= 0.6 is 0 Å². The molecule has 0 radical (unpaired) electrons. The lowest BCUT2D eigenvalue weighted by Gasteiger charge is -2.28. The van der Waals surface area contributed by atoms with E-state index in [1.165, 1.54) is 16.7 Å². The Morgan fingerprint density at radius 2 is 2.00 bits per heavy atom. The minimum atomic E-state index is 0.0219. The molecule has 0 aromatic heterocycles. The molecule has 1 atom stereocenters. The predicted octanol–water partition coefficient (Wildman–Crippen LogP) is 2.08. The van der Waals surface area contributed by atoms with Crippen molar-refractivity contribution in [2.24, 2.45) is 0 Å². The monoisotopic (exact) mass is 289 g/mol. The zero-order chi connectivity index (χ0) is 15.4. The molecule has 116 valence electrons. The minimum absolute atomic E-state index is 0.0219. The topological polar surface area (TPSA) is 35.6 Å². The summed E-state index contributed by atoms with van der Waals surface area (Å²) in [6.07, 6.45) is 0.0219. The Balaban J connectivity index is 2.12. The van der Waals surface area contributed by atoms with Crippen molar-refractivity contribution in [2.45, 2.75) is 33.9 Å². The van der Waals surface area contributed by atoms with Gasteiger partial charge in [-0.2, -0.15) is 0 Å². The van der Waals surface area contributed by atoms with Gasteiger partial charge in [-0.05, 0) is 38.1 Å². The highest BCUT2D eigenvalue weighted by atomic mass is 16.2. The third-order valence-corrected chi connectivity index (χ3v) is 4.35. The van der Waals surface area contributed by atoms with Gasteiger partial charge in [-0.15, -0.1) is 0 Å². The zero-order valence-corrected chi connectivity index (χ0v) is 13.6. The van der Waals surface area contributed by atoms with E-state index in [9.17, 15) is 4.79 Å². The van der Waals surface area contributed by atoms with Gasteiger partial charge in [0.15, 0.2) is 0 Å². The second-order valence-corrected chi connectivity index (χ2v) is 5.76. The van der Waals surface area contributed by atoms with Crippen molar-refractivity contribution in [3.05, 3.63) is 34.9 Å². The van der Waals surface area contributed by atoms with Gasteiger partial charge in [0.2, 0.25) is 5.91 Å². The maximum Gasteiger partial charge on any atom is 0.238 e. The first kappa shape index (κ1) is 16.0. The van der Waals surface area contributed by atoms with Crippen LogP contribution in [0.4, 0.5) is 0 Å². The van der Waals surface area contributed by atoms with Crippen molar-refractivity contribution in [1.82, 2.24) is 15.1 Å². The van der Waals surface area contributed by atoms with Gasteiger partial charge in [-0.1, -0.05) is 37.6 Å². The van der Waals surface area contributed by atoms with Gasteiger partial charge < -0.3 is 9.80 Å². The normalized spacial score (nSPS) is 18.8. The van der Waals surface area contributed by atoms with Crippen molar-refractivity contribution in [2.75, 3.05) is 32.7 Å². The van der Waals surface area contributed by atoms with E-state index in [0.717, 1.165) is 26.2 Å². The van der Waals surface area contributed by atoms with E-state index in [1.807, 2.05) is 4.90 Å². The van der Waals surface area contributed by atoms with Crippen LogP contribution in [0.1, 0.15) is 36.7 Å². The summed E-state index contributed by atoms with van der Waals surface area (Å²) in [5.74, 6) is 0.201. The summed E-state index contributed by atoms with van der Waals surface area (Å²) < 4.78 is 0. The van der Waals surface area contributed by atoms with Crippen molar-refractivity contribution < 1.29 is 4.79 Å². The lowest BCUT2D eigenvalue weighted by atomic mass is 10.0. The molecule has 0 aliphatic carbocycles. The van der Waals surface area contributed by atoms with E-state index >= 15 is 0 Å². The molecule has 0 bridgehead atoms. The summed E-state index contributed by atoms with van der Waals surface area (Å²) >= 11 is 0. The highest BCUT2D eigenvalue weighted by Gasteiger charge is 2.32. The van der Waals surface area contributed by atoms with Gasteiger partial charge >= 0.3 is 0 Å². The van der Waals surface area contributed by atoms with Crippen molar-refractivity contribution in [1.29, 1.82) is 0 Å². The first-order chi connectivity index (χ1) is 10.1. The average Bonchev–Trinajstić information content (AvgIpc) is 2.81. The summed E-state index contributed by atoms with van der Waals surface area (Å²) in [6, 6.07) is 6.45. The standard InChI is InChI=1S/C17H27N3O/c1-5-19(6-2)9-10-20-16(21)12-18-17(20)15-8-7-13(3)11-14(15)4/h7-8,11,17-18H,5-6,9-10,12H2,1-4H3. The summed E-state index contributed by atoms with van der Waals surface area (Å²) in [7, 11) is 0. The second-order valence-electron chi connectivity index (χ2n) is 5.76. The molecule has 2 rings (SSSR count). The summed E-state index contributed by atoms with van der Waals surface area (Å²) in [5, 5.41) is 3.35. The van der Waals surface area contributed by atoms with Crippen LogP contribution < -0.4 is 5.32 Å². The highest BCUT2D eigenvalue weighted by molar-refractivity contribution is 5.81. The average molecular weight is 289 g/mol. The molecule has 1 aromatic carbocycles. The Morgan fingerprint density at radius 3 is 2.62 bits per heavy atom. The smallest absolute Gasteiger partial charge is 0.238 e. The van der Waals surface area contributed by atoms with Crippen molar-refractivity contribution in [3.8, 4) is 0 Å². The van der Waals surface area contributed by atoms with Crippen LogP contribution in [0, 0.1) is 13.8 Å². The second kappa shape index (κ2) is 7.05. The Bertz CT molecular complexity index is 497. The molecule has 1 amide bonds. The van der Waals surface area contributed by atoms with Crippen LogP contribution in [0.3, 0.4) is 0 Å². The first-order valence-electron chi connectivity index (χ1n) is 7.89. The van der Waals surface area contributed by atoms with Crippen LogP contribution in [-0.4, -0.2) is 48.4 Å². The van der Waals surface area contributed by atoms with Crippen molar-refractivity contribution in [3.63, 3.8) is 0 Å². The van der Waals surface area contributed by atoms with Crippen LogP contribution in [0.5, 0.6) is 0 Å². The molecule has 1 fully saturated rings. The van der Waals surface area contributed by atoms with Crippen LogP contribution in [0.25, 0.3) is 0 Å². The maximum absolute atomic E-state index is 12.2. The zero-order valence-electron chi connectivity index (χ0n) is 13.6. The van der Waals surface area contributed by atoms with Crippen molar-refractivity contribution >= 4 is 5.91 Å². The molecule has 1 aliphatic heterocycles. The van der Waals surface area contributed by atoms with E-state index in [0.29, 0.717) is 6.54 Å². The fourth-order valence-electron chi connectivity index (χ4n) is 2.99. The minimum Gasteiger partial charge on any atom is -0.321 e. The molecule has 1 unspecified atom stereocenters. The van der Waals surface area contributed by atoms with Crippen LogP contribution in [-0.2, 0) is 4.79 Å². The van der Waals surface area contributed by atoms with Gasteiger partial charge in [0.1, 0.15) is 6.17 Å². The molecular weight excluding hydrogens is 262 g/mol. The van der Waals surface area contributed by atoms with Gasteiger partial charge in [-0.3, -0.25) is 10.1 Å². The molecule has 4 heteroatoms. The third kappa shape index (κ3) is 3.63. The number of hydrogen-bond donors (Lipinski definition) is 1. The number of carbonyl (C=O) groups excluding carboxylic acids is 1. The fraction of sp³-hybridized carbons (Fsp3) is 0.588. The molecule has 0 spiro atoms. The molecular formula is C17H27N3O. The Kier molecular flexibility index (Phi) is 5.37. The number of likely N-dealkylation sites (N-methyl/N-ethyl adjacent to an activating group) is 1. The fourth-order valence-corrected chi connectivity index (χ4v) is 2.99. The molecule has 1 saturated heterocycles. The molecule has 1 aliphatic rings. The van der Waals surface area contributed by atoms with E-state index in [4.69, 9.17) is 0 Å². The largest absolute Gasteiger partial charge is 0.321 e. The first-order valence-corrected chi connectivity index (χ1v) is 7.89. The summed E-state index contributed by atoms with van der Waals surface area (Å²) in [6.45, 7) is 12.8. The molecule has 21 heavy (non-hydrogen) atoms. The Morgan fingerprint density at radius 1 is 1.29 bits per heavy atom. The number of amides is 1. The van der Waals surface area contributed by atoms with Crippen LogP contribution in [0.2, 0.25) is 0 Å². The molecule has 0 saturated carbocycles. The van der Waals surface area contributed by atoms with Crippen LogP contribution in [0.15, 0.2) is 18.2 Å². The SMILES string of the molecule is CCN(CC)CCN1C(=O)CNC1c1ccc(C)cc1C. The Hall–Kier alpha value is -1.39. The predicted molar refractivity (Wildman–Crippen MR) is 86.2 cm³/mol. The Labute approximate surface area is 128 Å². The lowest BCUT2D eigenvalue weighted by Crippen LogP contribution is -2.38. The number of hydrogen-bond acceptors (Lipinski definition) is 3. The summed E-state index contributed by atoms with van der Waals surface area (Å²) in [5.41, 5.74) is 3.72. The van der Waals surface area contributed by atoms with E-state index in [-0.39, 0.29) is 12.1 Å². The number of carbonyl (C=O) groups is 1. The molecule has 1 aromatic rings. The van der Waals surface area contributed by atoms with Gasteiger partial charge in [0, 0.05) is 13.1 Å². The molecule has 4 nitrogen and oxygen atoms in total. The van der Waals surface area contributed by atoms with E-state index in [1.54, 1.807) is 0 Å². The third-order valence-electron chi connectivity index (χ3n) is 4.35. The number of rotatable bonds is 6. The maximum atomic E-state index is 12.2. The quantitative estimate of drug-likeness (QED) is 0.871. The van der Waals surface area contributed by atoms with Gasteiger partial charge in [-0.25, -0.2) is 0 Å². The highest BCUT2D eigenvalue weighted by Crippen LogP contribution is 2.25. The summed E-state index contributed by atoms with van der Waals surface area (Å²) in [4.78, 5) is 16.5. The number of nitrogens with zero attached hydrogens (tertiary/aromatic N) is 2. The lowest BCUT2D eigenvalue weighted by molar-refractivity contribution is -0.128.